The van der Waals surface area contributed by atoms with Crippen LogP contribution in [0.25, 0.3) is 0 Å². The third-order valence-corrected chi connectivity index (χ3v) is 8.30. The second-order valence-electron chi connectivity index (χ2n) is 3.83. The van der Waals surface area contributed by atoms with Crippen LogP contribution in [0.5, 0.6) is 0 Å². The molecule has 0 spiro atoms. The first-order valence-electron chi connectivity index (χ1n) is 4.03. The maximum Gasteiger partial charge on any atom is 0.125 e. The lowest BCUT2D eigenvalue weighted by atomic mass is 10.0. The number of fused-ring (bicyclic) bond motifs is 2. The van der Waals surface area contributed by atoms with Crippen molar-refractivity contribution >= 4 is 39.0 Å². The fourth-order valence-electron chi connectivity index (χ4n) is 2.53. The molecule has 2 fully saturated rings. The molecule has 64 valence electrons. The second kappa shape index (κ2) is 2.61. The average molecular weight is 229 g/mol. The normalized spacial score (nSPS) is 43.3. The summed E-state index contributed by atoms with van der Waals surface area (Å²) in [5, 5.41) is 0.204. The first-order chi connectivity index (χ1) is 5.04. The maximum atomic E-state index is 6.11. The predicted octanol–water partition coefficient (Wildman–Crippen LogP) is 4.11. The van der Waals surface area contributed by atoms with E-state index in [-0.39, 0.29) is 5.16 Å². The van der Waals surface area contributed by atoms with Gasteiger partial charge in [-0.25, -0.2) is 0 Å². The largest absolute Gasteiger partial charge is 0.125 e. The Labute approximate surface area is 82.2 Å². The van der Waals surface area contributed by atoms with Gasteiger partial charge in [-0.2, -0.15) is 0 Å². The minimum atomic E-state index is -2.02. The minimum Gasteiger partial charge on any atom is -0.0678 e. The van der Waals surface area contributed by atoms with Gasteiger partial charge in [0.05, 0.1) is 0 Å². The van der Waals surface area contributed by atoms with Gasteiger partial charge < -0.3 is 0 Å². The van der Waals surface area contributed by atoms with Crippen LogP contribution in [-0.2, 0) is 11.8 Å². The molecule has 0 atom stereocenters. The molecule has 0 amide bonds. The Hall–Kier alpha value is 1.23. The average Bonchev–Trinajstić information content (AvgIpc) is 2.42. The second-order valence-corrected chi connectivity index (χ2v) is 12.1. The van der Waals surface area contributed by atoms with Crippen LogP contribution in [0, 0.1) is 5.92 Å². The summed E-state index contributed by atoms with van der Waals surface area (Å²) in [5.41, 5.74) is 0. The van der Waals surface area contributed by atoms with Gasteiger partial charge in [0.2, 0.25) is 0 Å². The van der Waals surface area contributed by atoms with E-state index < -0.39 is 4.74 Å². The molecule has 0 nitrogen and oxygen atoms in total. The van der Waals surface area contributed by atoms with Gasteiger partial charge in [0.15, 0.2) is 0 Å². The SMILES string of the molecule is S=P(Cl)(Cl)C12CCC(CC1)C2. The summed E-state index contributed by atoms with van der Waals surface area (Å²) >= 11 is 17.5. The van der Waals surface area contributed by atoms with E-state index in [4.69, 9.17) is 34.3 Å². The fourth-order valence-corrected chi connectivity index (χ4v) is 5.98. The summed E-state index contributed by atoms with van der Waals surface area (Å²) in [6.45, 7) is 0. The number of halogens is 2. The summed E-state index contributed by atoms with van der Waals surface area (Å²) in [6.07, 6.45) is 6.25. The van der Waals surface area contributed by atoms with E-state index in [2.05, 4.69) is 0 Å². The molecule has 2 saturated carbocycles. The molecule has 0 heterocycles. The molecular formula is C7H11Cl2PS. The smallest absolute Gasteiger partial charge is 0.0678 e. The number of rotatable bonds is 1. The molecule has 0 aromatic heterocycles. The van der Waals surface area contributed by atoms with Crippen molar-refractivity contribution in [2.24, 2.45) is 5.92 Å². The quantitative estimate of drug-likeness (QED) is 0.610. The standard InChI is InChI=1S/C7H11Cl2PS/c8-10(9,11)7-3-1-6(5-7)2-4-7/h6H,1-5H2. The lowest BCUT2D eigenvalue weighted by Crippen LogP contribution is -2.17. The Kier molecular flexibility index (Phi) is 2.09. The zero-order chi connectivity index (χ0) is 8.11. The summed E-state index contributed by atoms with van der Waals surface area (Å²) in [4.78, 5) is 0. The molecule has 2 bridgehead atoms. The van der Waals surface area contributed by atoms with Crippen LogP contribution >= 0.6 is 27.2 Å². The van der Waals surface area contributed by atoms with Crippen LogP contribution in [0.3, 0.4) is 0 Å². The highest BCUT2D eigenvalue weighted by atomic mass is 35.9. The van der Waals surface area contributed by atoms with Crippen molar-refractivity contribution in [1.82, 2.24) is 0 Å². The van der Waals surface area contributed by atoms with Crippen molar-refractivity contribution in [3.63, 3.8) is 0 Å². The summed E-state index contributed by atoms with van der Waals surface area (Å²) in [7, 11) is 0. The highest BCUT2D eigenvalue weighted by Gasteiger charge is 2.52. The zero-order valence-corrected chi connectivity index (χ0v) is 9.45. The predicted molar refractivity (Wildman–Crippen MR) is 55.3 cm³/mol. The molecular weight excluding hydrogens is 218 g/mol. The molecule has 0 aromatic rings. The van der Waals surface area contributed by atoms with E-state index in [1.807, 2.05) is 0 Å². The first-order valence-corrected chi connectivity index (χ1v) is 8.64. The minimum absolute atomic E-state index is 0.204. The molecule has 0 aliphatic heterocycles. The third kappa shape index (κ3) is 1.29. The van der Waals surface area contributed by atoms with Gasteiger partial charge >= 0.3 is 0 Å². The molecule has 0 aromatic carbocycles. The van der Waals surface area contributed by atoms with Crippen molar-refractivity contribution in [3.05, 3.63) is 0 Å². The zero-order valence-electron chi connectivity index (χ0n) is 6.22. The molecule has 2 aliphatic carbocycles. The Morgan fingerprint density at radius 2 is 1.82 bits per heavy atom. The van der Waals surface area contributed by atoms with Crippen LogP contribution in [-0.4, -0.2) is 5.16 Å². The van der Waals surface area contributed by atoms with Crippen molar-refractivity contribution in [1.29, 1.82) is 0 Å². The molecule has 11 heavy (non-hydrogen) atoms. The Balaban J connectivity index is 2.30. The van der Waals surface area contributed by atoms with E-state index >= 15 is 0 Å². The van der Waals surface area contributed by atoms with E-state index in [0.717, 1.165) is 5.92 Å². The molecule has 0 radical (unpaired) electrons. The van der Waals surface area contributed by atoms with Crippen LogP contribution in [0.15, 0.2) is 0 Å². The van der Waals surface area contributed by atoms with Gasteiger partial charge in [-0.3, -0.25) is 0 Å². The topological polar surface area (TPSA) is 0 Å². The van der Waals surface area contributed by atoms with Gasteiger partial charge in [0.1, 0.15) is 4.74 Å². The Morgan fingerprint density at radius 1 is 1.27 bits per heavy atom. The molecule has 0 N–H and O–H groups in total. The van der Waals surface area contributed by atoms with Crippen LogP contribution in [0.4, 0.5) is 0 Å². The maximum absolute atomic E-state index is 6.11. The molecule has 0 unspecified atom stereocenters. The van der Waals surface area contributed by atoms with Crippen LogP contribution in [0.2, 0.25) is 0 Å². The van der Waals surface area contributed by atoms with Gasteiger partial charge in [-0.1, -0.05) is 34.3 Å². The van der Waals surface area contributed by atoms with E-state index in [1.54, 1.807) is 0 Å². The van der Waals surface area contributed by atoms with E-state index in [0.29, 0.717) is 0 Å². The van der Waals surface area contributed by atoms with Crippen molar-refractivity contribution in [2.75, 3.05) is 0 Å². The number of hydrogen-bond acceptors (Lipinski definition) is 1. The molecule has 2 aliphatic rings. The van der Waals surface area contributed by atoms with Gasteiger partial charge in [-0.05, 0) is 38.0 Å². The third-order valence-electron chi connectivity index (χ3n) is 3.26. The first kappa shape index (κ1) is 8.81. The fraction of sp³-hybridized carbons (Fsp3) is 1.00. The summed E-state index contributed by atoms with van der Waals surface area (Å²) in [6, 6.07) is 0. The van der Waals surface area contributed by atoms with Gasteiger partial charge in [-0.15, -0.1) is 0 Å². The van der Waals surface area contributed by atoms with E-state index in [9.17, 15) is 0 Å². The number of hydrogen-bond donors (Lipinski definition) is 0. The summed E-state index contributed by atoms with van der Waals surface area (Å²) in [5.74, 6) is 0.898. The Bertz CT molecular complexity index is 214. The molecule has 0 saturated heterocycles. The highest BCUT2D eigenvalue weighted by Crippen LogP contribution is 2.77. The summed E-state index contributed by atoms with van der Waals surface area (Å²) < 4.78 is -2.02. The Morgan fingerprint density at radius 3 is 2.00 bits per heavy atom. The van der Waals surface area contributed by atoms with Crippen molar-refractivity contribution in [3.8, 4) is 0 Å². The lowest BCUT2D eigenvalue weighted by molar-refractivity contribution is 0.498. The molecule has 4 heteroatoms. The van der Waals surface area contributed by atoms with Gasteiger partial charge in [0.25, 0.3) is 0 Å². The highest BCUT2D eigenvalue weighted by molar-refractivity contribution is 8.39. The van der Waals surface area contributed by atoms with Gasteiger partial charge in [0, 0.05) is 5.16 Å². The van der Waals surface area contributed by atoms with Crippen LogP contribution in [0.1, 0.15) is 32.1 Å². The van der Waals surface area contributed by atoms with Crippen molar-refractivity contribution < 1.29 is 0 Å². The van der Waals surface area contributed by atoms with Crippen LogP contribution < -0.4 is 0 Å². The van der Waals surface area contributed by atoms with E-state index in [1.165, 1.54) is 32.1 Å². The lowest BCUT2D eigenvalue weighted by Gasteiger charge is -2.29. The monoisotopic (exact) mass is 228 g/mol. The molecule has 2 rings (SSSR count). The van der Waals surface area contributed by atoms with Crippen molar-refractivity contribution in [2.45, 2.75) is 37.3 Å².